The third-order valence-corrected chi connectivity index (χ3v) is 2.76. The molecule has 0 spiro atoms. The molecule has 4 N–H and O–H groups in total. The molecule has 1 aromatic carbocycles. The summed E-state index contributed by atoms with van der Waals surface area (Å²) in [7, 11) is 0. The van der Waals surface area contributed by atoms with E-state index in [1.807, 2.05) is 30.3 Å². The lowest BCUT2D eigenvalue weighted by Crippen LogP contribution is -2.09. The summed E-state index contributed by atoms with van der Waals surface area (Å²) in [5.41, 5.74) is 6.35. The molecule has 0 bridgehead atoms. The molecular weight excluding hydrogens is 238 g/mol. The Hall–Kier alpha value is -2.02. The lowest BCUT2D eigenvalue weighted by Gasteiger charge is -1.93. The van der Waals surface area contributed by atoms with Crippen molar-refractivity contribution in [3.05, 3.63) is 36.2 Å². The van der Waals surface area contributed by atoms with Crippen LogP contribution in [0.4, 0.5) is 0 Å². The number of rotatable bonds is 3. The van der Waals surface area contributed by atoms with E-state index in [-0.39, 0.29) is 5.17 Å². The standard InChI is InChI=1S/C10H11N5OS/c11-10(14-12)17-6-8-13-9(15-16-8)7-4-2-1-3-5-7/h1-5H,6,12H2,(H2,11,14). The maximum absolute atomic E-state index is 5.44. The van der Waals surface area contributed by atoms with Crippen LogP contribution in [0.1, 0.15) is 5.89 Å². The van der Waals surface area contributed by atoms with E-state index in [4.69, 9.17) is 16.1 Å². The van der Waals surface area contributed by atoms with E-state index in [1.54, 1.807) is 0 Å². The highest BCUT2D eigenvalue weighted by Crippen LogP contribution is 2.17. The van der Waals surface area contributed by atoms with Crippen LogP contribution in [0, 0.1) is 0 Å². The van der Waals surface area contributed by atoms with Crippen molar-refractivity contribution in [1.29, 1.82) is 0 Å². The number of benzene rings is 1. The maximum Gasteiger partial charge on any atom is 0.237 e. The van der Waals surface area contributed by atoms with Crippen LogP contribution in [-0.2, 0) is 5.75 Å². The van der Waals surface area contributed by atoms with Crippen molar-refractivity contribution >= 4 is 16.9 Å². The fraction of sp³-hybridized carbons (Fsp3) is 0.100. The molecule has 0 aliphatic rings. The van der Waals surface area contributed by atoms with Gasteiger partial charge in [0.15, 0.2) is 5.17 Å². The summed E-state index contributed by atoms with van der Waals surface area (Å²) in [6, 6.07) is 9.59. The first-order chi connectivity index (χ1) is 8.29. The smallest absolute Gasteiger partial charge is 0.237 e. The molecule has 0 aliphatic carbocycles. The quantitative estimate of drug-likeness (QED) is 0.366. The summed E-state index contributed by atoms with van der Waals surface area (Å²) in [4.78, 5) is 4.24. The molecule has 0 amide bonds. The summed E-state index contributed by atoms with van der Waals surface area (Å²) in [6.07, 6.45) is 0. The van der Waals surface area contributed by atoms with Crippen LogP contribution in [0.25, 0.3) is 11.4 Å². The molecule has 2 rings (SSSR count). The van der Waals surface area contributed by atoms with Gasteiger partial charge in [0, 0.05) is 5.56 Å². The predicted octanol–water partition coefficient (Wildman–Crippen LogP) is 1.16. The Labute approximate surface area is 102 Å². The fourth-order valence-electron chi connectivity index (χ4n) is 1.19. The molecule has 1 heterocycles. The molecule has 17 heavy (non-hydrogen) atoms. The van der Waals surface area contributed by atoms with Gasteiger partial charge in [-0.25, -0.2) is 0 Å². The van der Waals surface area contributed by atoms with E-state index < -0.39 is 0 Å². The zero-order valence-corrected chi connectivity index (χ0v) is 9.72. The van der Waals surface area contributed by atoms with Gasteiger partial charge in [-0.1, -0.05) is 47.3 Å². The van der Waals surface area contributed by atoms with E-state index in [1.165, 1.54) is 11.8 Å². The van der Waals surface area contributed by atoms with E-state index in [0.717, 1.165) is 5.56 Å². The van der Waals surface area contributed by atoms with Gasteiger partial charge in [-0.2, -0.15) is 10.1 Å². The second kappa shape index (κ2) is 5.35. The molecule has 0 radical (unpaired) electrons. The first kappa shape index (κ1) is 11.5. The van der Waals surface area contributed by atoms with Gasteiger partial charge in [0.05, 0.1) is 5.75 Å². The van der Waals surface area contributed by atoms with Crippen LogP contribution in [0.5, 0.6) is 0 Å². The third kappa shape index (κ3) is 2.97. The molecule has 0 saturated heterocycles. The fourth-order valence-corrected chi connectivity index (χ4v) is 1.65. The summed E-state index contributed by atoms with van der Waals surface area (Å²) >= 11 is 1.24. The minimum absolute atomic E-state index is 0.282. The van der Waals surface area contributed by atoms with Crippen molar-refractivity contribution < 1.29 is 4.52 Å². The first-order valence-electron chi connectivity index (χ1n) is 4.84. The number of thioether (sulfide) groups is 1. The van der Waals surface area contributed by atoms with Crippen LogP contribution < -0.4 is 11.6 Å². The minimum atomic E-state index is 0.282. The van der Waals surface area contributed by atoms with Gasteiger partial charge in [0.25, 0.3) is 0 Å². The van der Waals surface area contributed by atoms with Gasteiger partial charge >= 0.3 is 0 Å². The summed E-state index contributed by atoms with van der Waals surface area (Å²) in [5, 5.41) is 7.50. The predicted molar refractivity (Wildman–Crippen MR) is 66.8 cm³/mol. The zero-order chi connectivity index (χ0) is 12.1. The average Bonchev–Trinajstić information content (AvgIpc) is 2.86. The van der Waals surface area contributed by atoms with Crippen molar-refractivity contribution in [1.82, 2.24) is 10.1 Å². The molecule has 0 unspecified atom stereocenters. The number of nitrogens with two attached hydrogens (primary N) is 2. The third-order valence-electron chi connectivity index (χ3n) is 1.97. The Kier molecular flexibility index (Phi) is 3.61. The molecule has 0 fully saturated rings. The van der Waals surface area contributed by atoms with Gasteiger partial charge in [0.1, 0.15) is 0 Å². The first-order valence-corrected chi connectivity index (χ1v) is 5.82. The van der Waals surface area contributed by atoms with Crippen LogP contribution in [0.2, 0.25) is 0 Å². The number of nitrogens with zero attached hydrogens (tertiary/aromatic N) is 3. The maximum atomic E-state index is 5.44. The van der Waals surface area contributed by atoms with Crippen molar-refractivity contribution in [2.45, 2.75) is 5.75 Å². The van der Waals surface area contributed by atoms with Gasteiger partial charge in [-0.05, 0) is 0 Å². The molecule has 7 heteroatoms. The highest BCUT2D eigenvalue weighted by molar-refractivity contribution is 8.13. The molecule has 0 atom stereocenters. The molecule has 0 aliphatic heterocycles. The van der Waals surface area contributed by atoms with E-state index in [9.17, 15) is 0 Å². The van der Waals surface area contributed by atoms with Crippen molar-refractivity contribution in [3.63, 3.8) is 0 Å². The van der Waals surface area contributed by atoms with E-state index in [2.05, 4.69) is 15.2 Å². The lowest BCUT2D eigenvalue weighted by atomic mass is 10.2. The minimum Gasteiger partial charge on any atom is -0.377 e. The number of hydrogen-bond donors (Lipinski definition) is 2. The topological polar surface area (TPSA) is 103 Å². The highest BCUT2D eigenvalue weighted by Gasteiger charge is 2.08. The largest absolute Gasteiger partial charge is 0.377 e. The van der Waals surface area contributed by atoms with Gasteiger partial charge in [-0.3, -0.25) is 0 Å². The van der Waals surface area contributed by atoms with Crippen LogP contribution in [0.3, 0.4) is 0 Å². The van der Waals surface area contributed by atoms with Gasteiger partial charge in [-0.15, -0.1) is 0 Å². The Bertz CT molecular complexity index is 510. The molecule has 6 nitrogen and oxygen atoms in total. The summed E-state index contributed by atoms with van der Waals surface area (Å²) in [5.74, 6) is 6.50. The molecular formula is C10H11N5OS. The van der Waals surface area contributed by atoms with Gasteiger partial charge in [0.2, 0.25) is 11.7 Å². The molecule has 0 saturated carbocycles. The Balaban J connectivity index is 2.06. The van der Waals surface area contributed by atoms with Crippen molar-refractivity contribution in [2.24, 2.45) is 16.7 Å². The van der Waals surface area contributed by atoms with Crippen LogP contribution in [-0.4, -0.2) is 15.3 Å². The Morgan fingerprint density at radius 3 is 2.82 bits per heavy atom. The number of aromatic nitrogens is 2. The second-order valence-corrected chi connectivity index (χ2v) is 4.13. The SMILES string of the molecule is NN=C(N)SCc1nc(-c2ccccc2)no1. The zero-order valence-electron chi connectivity index (χ0n) is 8.91. The average molecular weight is 249 g/mol. The highest BCUT2D eigenvalue weighted by atomic mass is 32.2. The normalized spacial score (nSPS) is 11.6. The summed E-state index contributed by atoms with van der Waals surface area (Å²) < 4.78 is 5.08. The van der Waals surface area contributed by atoms with Crippen molar-refractivity contribution in [3.8, 4) is 11.4 Å². The van der Waals surface area contributed by atoms with Crippen molar-refractivity contribution in [2.75, 3.05) is 0 Å². The second-order valence-electron chi connectivity index (χ2n) is 3.13. The Morgan fingerprint density at radius 2 is 2.12 bits per heavy atom. The van der Waals surface area contributed by atoms with Crippen LogP contribution in [0.15, 0.2) is 40.0 Å². The lowest BCUT2D eigenvalue weighted by molar-refractivity contribution is 0.392. The number of hydrazone groups is 1. The molecule has 1 aromatic heterocycles. The number of amidine groups is 1. The number of hydrogen-bond acceptors (Lipinski definition) is 6. The van der Waals surface area contributed by atoms with Gasteiger partial charge < -0.3 is 16.1 Å². The Morgan fingerprint density at radius 1 is 1.35 bits per heavy atom. The molecule has 88 valence electrons. The van der Waals surface area contributed by atoms with E-state index >= 15 is 0 Å². The summed E-state index contributed by atoms with van der Waals surface area (Å²) in [6.45, 7) is 0. The van der Waals surface area contributed by atoms with Crippen LogP contribution >= 0.6 is 11.8 Å². The monoisotopic (exact) mass is 249 g/mol. The van der Waals surface area contributed by atoms with E-state index in [0.29, 0.717) is 17.5 Å². The molecule has 2 aromatic rings.